The van der Waals surface area contributed by atoms with Crippen LogP contribution in [0.1, 0.15) is 15.9 Å². The molecule has 2 aromatic rings. The first-order valence-corrected chi connectivity index (χ1v) is 6.25. The molecule has 0 aliphatic heterocycles. The Morgan fingerprint density at radius 3 is 2.32 bits per heavy atom. The van der Waals surface area contributed by atoms with E-state index < -0.39 is 11.7 Å². The number of carbonyl (C=O) groups excluding carboxylic acids is 1. The Morgan fingerprint density at radius 1 is 1.11 bits per heavy atom. The predicted octanol–water partition coefficient (Wildman–Crippen LogP) is 4.69. The van der Waals surface area contributed by atoms with Gasteiger partial charge in [0.2, 0.25) is 0 Å². The number of anilines is 1. The van der Waals surface area contributed by atoms with E-state index in [2.05, 4.69) is 5.32 Å². The third-order valence-corrected chi connectivity index (χ3v) is 2.93. The summed E-state index contributed by atoms with van der Waals surface area (Å²) in [6.07, 6.45) is 0. The molecular weight excluding hydrogens is 288 g/mol. The summed E-state index contributed by atoms with van der Waals surface area (Å²) >= 11 is 11.6. The van der Waals surface area contributed by atoms with E-state index in [4.69, 9.17) is 23.2 Å². The van der Waals surface area contributed by atoms with Gasteiger partial charge in [-0.3, -0.25) is 4.79 Å². The lowest BCUT2D eigenvalue weighted by atomic mass is 10.1. The SMILES string of the molecule is Cc1ccc(C(=O)Nc2cc(Cl)cc(Cl)c2)c(F)c1. The molecule has 19 heavy (non-hydrogen) atoms. The summed E-state index contributed by atoms with van der Waals surface area (Å²) in [5.41, 5.74) is 1.14. The van der Waals surface area contributed by atoms with Crippen molar-refractivity contribution in [1.29, 1.82) is 0 Å². The van der Waals surface area contributed by atoms with Crippen molar-refractivity contribution in [3.8, 4) is 0 Å². The van der Waals surface area contributed by atoms with Gasteiger partial charge in [-0.25, -0.2) is 4.39 Å². The molecule has 2 aromatic carbocycles. The van der Waals surface area contributed by atoms with Gasteiger partial charge in [-0.1, -0.05) is 29.3 Å². The molecule has 0 radical (unpaired) electrons. The van der Waals surface area contributed by atoms with Crippen LogP contribution in [0.25, 0.3) is 0 Å². The zero-order chi connectivity index (χ0) is 14.0. The fraction of sp³-hybridized carbons (Fsp3) is 0.0714. The minimum atomic E-state index is -0.564. The molecule has 0 unspecified atom stereocenters. The first kappa shape index (κ1) is 13.8. The maximum Gasteiger partial charge on any atom is 0.258 e. The van der Waals surface area contributed by atoms with Crippen LogP contribution in [0.4, 0.5) is 10.1 Å². The van der Waals surface area contributed by atoms with Crippen molar-refractivity contribution < 1.29 is 9.18 Å². The van der Waals surface area contributed by atoms with Crippen molar-refractivity contribution in [3.63, 3.8) is 0 Å². The van der Waals surface area contributed by atoms with Crippen LogP contribution in [0.15, 0.2) is 36.4 Å². The largest absolute Gasteiger partial charge is 0.322 e. The summed E-state index contributed by atoms with van der Waals surface area (Å²) in [5.74, 6) is -1.11. The van der Waals surface area contributed by atoms with E-state index in [0.717, 1.165) is 5.56 Å². The van der Waals surface area contributed by atoms with E-state index in [1.165, 1.54) is 24.3 Å². The van der Waals surface area contributed by atoms with Gasteiger partial charge in [0, 0.05) is 15.7 Å². The number of hydrogen-bond donors (Lipinski definition) is 1. The van der Waals surface area contributed by atoms with Gasteiger partial charge < -0.3 is 5.32 Å². The molecule has 0 saturated heterocycles. The van der Waals surface area contributed by atoms with Crippen LogP contribution < -0.4 is 5.32 Å². The molecule has 0 fully saturated rings. The first-order valence-electron chi connectivity index (χ1n) is 5.49. The molecule has 0 aliphatic carbocycles. The minimum Gasteiger partial charge on any atom is -0.322 e. The van der Waals surface area contributed by atoms with E-state index in [9.17, 15) is 9.18 Å². The van der Waals surface area contributed by atoms with E-state index >= 15 is 0 Å². The zero-order valence-electron chi connectivity index (χ0n) is 10.0. The lowest BCUT2D eigenvalue weighted by Gasteiger charge is -2.07. The van der Waals surface area contributed by atoms with Crippen LogP contribution in [0.3, 0.4) is 0 Å². The van der Waals surface area contributed by atoms with Crippen LogP contribution >= 0.6 is 23.2 Å². The fourth-order valence-corrected chi connectivity index (χ4v) is 2.15. The van der Waals surface area contributed by atoms with E-state index in [1.54, 1.807) is 19.1 Å². The smallest absolute Gasteiger partial charge is 0.258 e. The summed E-state index contributed by atoms with van der Waals surface area (Å²) in [6, 6.07) is 9.04. The molecule has 0 saturated carbocycles. The van der Waals surface area contributed by atoms with Gasteiger partial charge in [0.15, 0.2) is 0 Å². The van der Waals surface area contributed by atoms with Crippen molar-refractivity contribution in [2.24, 2.45) is 0 Å². The van der Waals surface area contributed by atoms with E-state index in [-0.39, 0.29) is 5.56 Å². The summed E-state index contributed by atoms with van der Waals surface area (Å²) in [4.78, 5) is 11.9. The molecule has 1 amide bonds. The van der Waals surface area contributed by atoms with Crippen LogP contribution in [0.2, 0.25) is 10.0 Å². The van der Waals surface area contributed by atoms with Crippen molar-refractivity contribution in [2.45, 2.75) is 6.92 Å². The highest BCUT2D eigenvalue weighted by Crippen LogP contribution is 2.23. The van der Waals surface area contributed by atoms with Crippen molar-refractivity contribution in [1.82, 2.24) is 0 Å². The number of benzene rings is 2. The Bertz CT molecular complexity index is 623. The maximum atomic E-state index is 13.6. The topological polar surface area (TPSA) is 29.1 Å². The van der Waals surface area contributed by atoms with Gasteiger partial charge in [0.05, 0.1) is 5.56 Å². The third-order valence-electron chi connectivity index (χ3n) is 2.49. The Kier molecular flexibility index (Phi) is 4.08. The Labute approximate surface area is 120 Å². The van der Waals surface area contributed by atoms with Crippen LogP contribution in [-0.4, -0.2) is 5.91 Å². The maximum absolute atomic E-state index is 13.6. The average Bonchev–Trinajstić information content (AvgIpc) is 2.26. The number of aryl methyl sites for hydroxylation is 1. The molecule has 2 rings (SSSR count). The molecule has 0 spiro atoms. The normalized spacial score (nSPS) is 10.3. The summed E-state index contributed by atoms with van der Waals surface area (Å²) in [7, 11) is 0. The van der Waals surface area contributed by atoms with E-state index in [1.807, 2.05) is 0 Å². The van der Waals surface area contributed by atoms with Gasteiger partial charge in [0.1, 0.15) is 5.82 Å². The number of carbonyl (C=O) groups is 1. The van der Waals surface area contributed by atoms with Gasteiger partial charge in [-0.2, -0.15) is 0 Å². The molecule has 2 nitrogen and oxygen atoms in total. The number of hydrogen-bond acceptors (Lipinski definition) is 1. The van der Waals surface area contributed by atoms with Gasteiger partial charge in [-0.15, -0.1) is 0 Å². The van der Waals surface area contributed by atoms with Crippen molar-refractivity contribution in [2.75, 3.05) is 5.32 Å². The number of rotatable bonds is 2. The molecule has 1 N–H and O–H groups in total. The molecular formula is C14H10Cl2FNO. The Balaban J connectivity index is 2.25. The molecule has 0 bridgehead atoms. The summed E-state index contributed by atoms with van der Waals surface area (Å²) < 4.78 is 13.6. The predicted molar refractivity (Wildman–Crippen MR) is 75.6 cm³/mol. The van der Waals surface area contributed by atoms with Gasteiger partial charge >= 0.3 is 0 Å². The minimum absolute atomic E-state index is 0.0262. The summed E-state index contributed by atoms with van der Waals surface area (Å²) in [6.45, 7) is 1.75. The third kappa shape index (κ3) is 3.46. The fourth-order valence-electron chi connectivity index (χ4n) is 1.63. The second-order valence-corrected chi connectivity index (χ2v) is 4.97. The monoisotopic (exact) mass is 297 g/mol. The molecule has 0 aliphatic rings. The average molecular weight is 298 g/mol. The van der Waals surface area contributed by atoms with Crippen molar-refractivity contribution in [3.05, 3.63) is 63.4 Å². The summed E-state index contributed by atoms with van der Waals surface area (Å²) in [5, 5.41) is 3.34. The van der Waals surface area contributed by atoms with Crippen LogP contribution in [0, 0.1) is 12.7 Å². The second kappa shape index (κ2) is 5.59. The molecule has 0 atom stereocenters. The zero-order valence-corrected chi connectivity index (χ0v) is 11.5. The Morgan fingerprint density at radius 2 is 1.74 bits per heavy atom. The van der Waals surface area contributed by atoms with E-state index in [0.29, 0.717) is 15.7 Å². The van der Waals surface area contributed by atoms with Crippen LogP contribution in [0.5, 0.6) is 0 Å². The highest BCUT2D eigenvalue weighted by atomic mass is 35.5. The quantitative estimate of drug-likeness (QED) is 0.856. The van der Waals surface area contributed by atoms with Crippen molar-refractivity contribution >= 4 is 34.8 Å². The molecule has 98 valence electrons. The van der Waals surface area contributed by atoms with Gasteiger partial charge in [-0.05, 0) is 42.8 Å². The standard InChI is InChI=1S/C14H10Cl2FNO/c1-8-2-3-12(13(17)4-8)14(19)18-11-6-9(15)5-10(16)7-11/h2-7H,1H3,(H,18,19). The number of halogens is 3. The highest BCUT2D eigenvalue weighted by molar-refractivity contribution is 6.35. The highest BCUT2D eigenvalue weighted by Gasteiger charge is 2.12. The van der Waals surface area contributed by atoms with Gasteiger partial charge in [0.25, 0.3) is 5.91 Å². The molecule has 0 aromatic heterocycles. The Hall–Kier alpha value is -1.58. The number of nitrogens with one attached hydrogen (secondary N) is 1. The molecule has 5 heteroatoms. The van der Waals surface area contributed by atoms with Crippen LogP contribution in [-0.2, 0) is 0 Å². The second-order valence-electron chi connectivity index (χ2n) is 4.10. The number of amides is 1. The lowest BCUT2D eigenvalue weighted by Crippen LogP contribution is -2.13. The first-order chi connectivity index (χ1) is 8.95. The lowest BCUT2D eigenvalue weighted by molar-refractivity contribution is 0.102. The molecule has 0 heterocycles.